The van der Waals surface area contributed by atoms with Crippen molar-refractivity contribution in [3.63, 3.8) is 0 Å². The Kier molecular flexibility index (Phi) is 7.33. The number of aromatic nitrogens is 1. The SMILES string of the molecule is COc1ccc(C(=O)Nc2nc(-c3ccccc3)c(C(C)C)s2)cc1S(=O)(=O)NC(C)C. The van der Waals surface area contributed by atoms with Gasteiger partial charge in [0.1, 0.15) is 10.6 Å². The van der Waals surface area contributed by atoms with Crippen LogP contribution in [0.5, 0.6) is 5.75 Å². The molecule has 1 heterocycles. The van der Waals surface area contributed by atoms with Crippen molar-refractivity contribution in [2.24, 2.45) is 0 Å². The molecule has 9 heteroatoms. The highest BCUT2D eigenvalue weighted by Crippen LogP contribution is 2.36. The smallest absolute Gasteiger partial charge is 0.257 e. The number of amides is 1. The average molecular weight is 474 g/mol. The number of rotatable bonds is 8. The Bertz CT molecular complexity index is 1200. The number of nitrogens with zero attached hydrogens (tertiary/aromatic N) is 1. The summed E-state index contributed by atoms with van der Waals surface area (Å²) in [5.74, 6) is -0.0528. The second-order valence-corrected chi connectivity index (χ2v) is 10.6. The number of anilines is 1. The lowest BCUT2D eigenvalue weighted by atomic mass is 10.1. The van der Waals surface area contributed by atoms with Gasteiger partial charge in [0.15, 0.2) is 5.13 Å². The summed E-state index contributed by atoms with van der Waals surface area (Å²) in [6, 6.07) is 13.8. The number of benzene rings is 2. The van der Waals surface area contributed by atoms with Crippen LogP contribution in [0, 0.1) is 0 Å². The van der Waals surface area contributed by atoms with E-state index in [1.165, 1.54) is 36.6 Å². The van der Waals surface area contributed by atoms with E-state index in [0.717, 1.165) is 16.1 Å². The Hall–Kier alpha value is -2.75. The minimum atomic E-state index is -3.85. The molecule has 1 aromatic heterocycles. The second kappa shape index (κ2) is 9.81. The minimum Gasteiger partial charge on any atom is -0.495 e. The van der Waals surface area contributed by atoms with Gasteiger partial charge < -0.3 is 4.74 Å². The lowest BCUT2D eigenvalue weighted by Gasteiger charge is -2.14. The fourth-order valence-corrected chi connectivity index (χ4v) is 5.58. The first-order valence-corrected chi connectivity index (χ1v) is 12.5. The van der Waals surface area contributed by atoms with Crippen molar-refractivity contribution in [3.05, 3.63) is 59.0 Å². The van der Waals surface area contributed by atoms with Crippen molar-refractivity contribution in [2.45, 2.75) is 44.6 Å². The predicted molar refractivity (Wildman–Crippen MR) is 128 cm³/mol. The van der Waals surface area contributed by atoms with Gasteiger partial charge in [-0.1, -0.05) is 44.2 Å². The van der Waals surface area contributed by atoms with Gasteiger partial charge in [0.05, 0.1) is 12.8 Å². The van der Waals surface area contributed by atoms with E-state index in [2.05, 4.69) is 28.9 Å². The number of methoxy groups -OCH3 is 1. The Morgan fingerprint density at radius 2 is 1.75 bits per heavy atom. The first-order valence-electron chi connectivity index (χ1n) is 10.2. The molecule has 1 amide bonds. The van der Waals surface area contributed by atoms with Gasteiger partial charge in [-0.2, -0.15) is 0 Å². The number of hydrogen-bond acceptors (Lipinski definition) is 6. The molecule has 0 saturated carbocycles. The van der Waals surface area contributed by atoms with Gasteiger partial charge >= 0.3 is 0 Å². The maximum atomic E-state index is 12.9. The summed E-state index contributed by atoms with van der Waals surface area (Å²) in [7, 11) is -2.46. The molecule has 7 nitrogen and oxygen atoms in total. The topological polar surface area (TPSA) is 97.4 Å². The molecule has 0 fully saturated rings. The molecular weight excluding hydrogens is 446 g/mol. The van der Waals surface area contributed by atoms with Crippen molar-refractivity contribution < 1.29 is 17.9 Å². The van der Waals surface area contributed by atoms with E-state index in [-0.39, 0.29) is 28.2 Å². The minimum absolute atomic E-state index is 0.0895. The first kappa shape index (κ1) is 23.9. The zero-order chi connectivity index (χ0) is 23.5. The molecule has 0 aliphatic rings. The van der Waals surface area contributed by atoms with Gasteiger partial charge in [-0.25, -0.2) is 18.1 Å². The Morgan fingerprint density at radius 3 is 2.34 bits per heavy atom. The Labute approximate surface area is 192 Å². The number of carbonyl (C=O) groups excluding carboxylic acids is 1. The Morgan fingerprint density at radius 1 is 1.06 bits per heavy atom. The van der Waals surface area contributed by atoms with Crippen molar-refractivity contribution >= 4 is 32.4 Å². The zero-order valence-corrected chi connectivity index (χ0v) is 20.3. The number of nitrogens with one attached hydrogen (secondary N) is 2. The van der Waals surface area contributed by atoms with Crippen molar-refractivity contribution in [1.29, 1.82) is 0 Å². The van der Waals surface area contributed by atoms with Crippen LogP contribution in [-0.2, 0) is 10.0 Å². The average Bonchev–Trinajstić information content (AvgIpc) is 3.17. The maximum Gasteiger partial charge on any atom is 0.257 e. The number of thiazole rings is 1. The van der Waals surface area contributed by atoms with E-state index >= 15 is 0 Å². The Balaban J connectivity index is 1.93. The molecule has 0 atom stereocenters. The van der Waals surface area contributed by atoms with Crippen molar-refractivity contribution in [1.82, 2.24) is 9.71 Å². The van der Waals surface area contributed by atoms with E-state index in [1.807, 2.05) is 30.3 Å². The molecular formula is C23H27N3O4S2. The molecule has 0 aliphatic heterocycles. The van der Waals surface area contributed by atoms with Crippen LogP contribution in [0.1, 0.15) is 48.8 Å². The first-order chi connectivity index (χ1) is 15.1. The molecule has 0 spiro atoms. The molecule has 32 heavy (non-hydrogen) atoms. The fraction of sp³-hybridized carbons (Fsp3) is 0.304. The van der Waals surface area contributed by atoms with Gasteiger partial charge in [0.2, 0.25) is 10.0 Å². The van der Waals surface area contributed by atoms with E-state index in [4.69, 9.17) is 4.74 Å². The van der Waals surface area contributed by atoms with Crippen LogP contribution in [0.2, 0.25) is 0 Å². The van der Waals surface area contributed by atoms with Crippen LogP contribution in [-0.4, -0.2) is 32.5 Å². The molecule has 0 saturated heterocycles. The molecule has 0 radical (unpaired) electrons. The molecule has 170 valence electrons. The largest absolute Gasteiger partial charge is 0.495 e. The van der Waals surface area contributed by atoms with E-state index in [1.54, 1.807) is 13.8 Å². The summed E-state index contributed by atoms with van der Waals surface area (Å²) in [6.45, 7) is 7.60. The van der Waals surface area contributed by atoms with Gasteiger partial charge in [-0.3, -0.25) is 10.1 Å². The number of carbonyl (C=O) groups is 1. The van der Waals surface area contributed by atoms with Crippen LogP contribution >= 0.6 is 11.3 Å². The quantitative estimate of drug-likeness (QED) is 0.486. The fourth-order valence-electron chi connectivity index (χ4n) is 3.15. The highest BCUT2D eigenvalue weighted by Gasteiger charge is 2.23. The number of hydrogen-bond donors (Lipinski definition) is 2. The normalized spacial score (nSPS) is 11.7. The number of sulfonamides is 1. The van der Waals surface area contributed by atoms with E-state index < -0.39 is 15.9 Å². The standard InChI is InChI=1S/C23H27N3O4S2/c1-14(2)21-20(16-9-7-6-8-10-16)24-23(31-21)25-22(27)17-11-12-18(30-5)19(13-17)32(28,29)26-15(3)4/h6-15,26H,1-5H3,(H,24,25,27). The van der Waals surface area contributed by atoms with Crippen molar-refractivity contribution in [2.75, 3.05) is 12.4 Å². The predicted octanol–water partition coefficient (Wildman–Crippen LogP) is 4.88. The molecule has 0 unspecified atom stereocenters. The monoisotopic (exact) mass is 473 g/mol. The van der Waals surface area contributed by atoms with E-state index in [0.29, 0.717) is 5.13 Å². The van der Waals surface area contributed by atoms with Gasteiger partial charge in [-0.05, 0) is 38.0 Å². The van der Waals surface area contributed by atoms with Crippen LogP contribution in [0.4, 0.5) is 5.13 Å². The van der Waals surface area contributed by atoms with Gasteiger partial charge in [-0.15, -0.1) is 11.3 Å². The zero-order valence-electron chi connectivity index (χ0n) is 18.7. The third-order valence-electron chi connectivity index (χ3n) is 4.55. The lowest BCUT2D eigenvalue weighted by Crippen LogP contribution is -2.30. The number of ether oxygens (including phenoxy) is 1. The van der Waals surface area contributed by atoms with E-state index in [9.17, 15) is 13.2 Å². The van der Waals surface area contributed by atoms with Crippen LogP contribution in [0.15, 0.2) is 53.4 Å². The van der Waals surface area contributed by atoms with Crippen LogP contribution in [0.25, 0.3) is 11.3 Å². The highest BCUT2D eigenvalue weighted by atomic mass is 32.2. The second-order valence-electron chi connectivity index (χ2n) is 7.85. The lowest BCUT2D eigenvalue weighted by molar-refractivity contribution is 0.102. The summed E-state index contributed by atoms with van der Waals surface area (Å²) in [5, 5.41) is 3.27. The molecule has 0 bridgehead atoms. The molecule has 0 aliphatic carbocycles. The summed E-state index contributed by atoms with van der Waals surface area (Å²) < 4.78 is 33.1. The maximum absolute atomic E-state index is 12.9. The molecule has 3 rings (SSSR count). The van der Waals surface area contributed by atoms with Gasteiger partial charge in [0.25, 0.3) is 5.91 Å². The summed E-state index contributed by atoms with van der Waals surface area (Å²) in [6.07, 6.45) is 0. The molecule has 2 aromatic carbocycles. The summed E-state index contributed by atoms with van der Waals surface area (Å²) in [4.78, 5) is 18.6. The van der Waals surface area contributed by atoms with Gasteiger partial charge in [0, 0.05) is 22.0 Å². The summed E-state index contributed by atoms with van der Waals surface area (Å²) in [5.41, 5.74) is 2.00. The third kappa shape index (κ3) is 5.35. The summed E-state index contributed by atoms with van der Waals surface area (Å²) >= 11 is 1.41. The molecule has 3 aromatic rings. The third-order valence-corrected chi connectivity index (χ3v) is 7.50. The van der Waals surface area contributed by atoms with Crippen molar-refractivity contribution in [3.8, 4) is 17.0 Å². The van der Waals surface area contributed by atoms with Crippen LogP contribution < -0.4 is 14.8 Å². The van der Waals surface area contributed by atoms with Crippen LogP contribution in [0.3, 0.4) is 0 Å². The molecule has 2 N–H and O–H groups in total. The highest BCUT2D eigenvalue weighted by molar-refractivity contribution is 7.89.